The SMILES string of the molecule is CC1CCC(CN)(CCCOc2ccccc2)CC1. The summed E-state index contributed by atoms with van der Waals surface area (Å²) in [5, 5.41) is 0. The predicted octanol–water partition coefficient (Wildman–Crippen LogP) is 4.00. The van der Waals surface area contributed by atoms with Gasteiger partial charge in [-0.25, -0.2) is 0 Å². The van der Waals surface area contributed by atoms with Crippen LogP contribution in [0.3, 0.4) is 0 Å². The molecule has 0 atom stereocenters. The van der Waals surface area contributed by atoms with E-state index in [0.717, 1.165) is 31.2 Å². The van der Waals surface area contributed by atoms with Gasteiger partial charge in [-0.1, -0.05) is 38.0 Å². The molecular weight excluding hydrogens is 234 g/mol. The molecule has 1 aliphatic carbocycles. The fourth-order valence-electron chi connectivity index (χ4n) is 3.08. The van der Waals surface area contributed by atoms with E-state index in [-0.39, 0.29) is 0 Å². The monoisotopic (exact) mass is 261 g/mol. The minimum atomic E-state index is 0.395. The van der Waals surface area contributed by atoms with Gasteiger partial charge in [-0.2, -0.15) is 0 Å². The molecule has 0 unspecified atom stereocenters. The molecule has 1 aliphatic rings. The smallest absolute Gasteiger partial charge is 0.119 e. The zero-order chi connectivity index (χ0) is 13.6. The quantitative estimate of drug-likeness (QED) is 0.786. The fourth-order valence-corrected chi connectivity index (χ4v) is 3.08. The fraction of sp³-hybridized carbons (Fsp3) is 0.647. The van der Waals surface area contributed by atoms with Gasteiger partial charge in [0.15, 0.2) is 0 Å². The molecule has 0 bridgehead atoms. The maximum Gasteiger partial charge on any atom is 0.119 e. The molecule has 0 saturated heterocycles. The maximum absolute atomic E-state index is 6.04. The van der Waals surface area contributed by atoms with E-state index in [4.69, 9.17) is 10.5 Å². The van der Waals surface area contributed by atoms with Crippen molar-refractivity contribution in [2.75, 3.05) is 13.2 Å². The number of ether oxygens (including phenoxy) is 1. The molecule has 1 aromatic rings. The number of rotatable bonds is 6. The number of benzene rings is 1. The molecule has 0 aliphatic heterocycles. The van der Waals surface area contributed by atoms with Crippen molar-refractivity contribution in [1.29, 1.82) is 0 Å². The van der Waals surface area contributed by atoms with E-state index in [1.807, 2.05) is 30.3 Å². The summed E-state index contributed by atoms with van der Waals surface area (Å²) >= 11 is 0. The van der Waals surface area contributed by atoms with Crippen molar-refractivity contribution in [2.45, 2.75) is 45.4 Å². The van der Waals surface area contributed by atoms with Gasteiger partial charge in [0.2, 0.25) is 0 Å². The highest BCUT2D eigenvalue weighted by Gasteiger charge is 2.32. The first-order chi connectivity index (χ1) is 9.24. The van der Waals surface area contributed by atoms with Crippen LogP contribution in [0.15, 0.2) is 30.3 Å². The first-order valence-electron chi connectivity index (χ1n) is 7.62. The normalized spacial score (nSPS) is 27.2. The van der Waals surface area contributed by atoms with E-state index < -0.39 is 0 Å². The van der Waals surface area contributed by atoms with Crippen LogP contribution in [0.5, 0.6) is 5.75 Å². The van der Waals surface area contributed by atoms with Gasteiger partial charge >= 0.3 is 0 Å². The average Bonchev–Trinajstić information content (AvgIpc) is 2.47. The van der Waals surface area contributed by atoms with Crippen LogP contribution in [0.4, 0.5) is 0 Å². The summed E-state index contributed by atoms with van der Waals surface area (Å²) in [6, 6.07) is 10.1. The summed E-state index contributed by atoms with van der Waals surface area (Å²) in [4.78, 5) is 0. The van der Waals surface area contributed by atoms with Gasteiger partial charge in [0.1, 0.15) is 5.75 Å². The highest BCUT2D eigenvalue weighted by molar-refractivity contribution is 5.20. The van der Waals surface area contributed by atoms with Crippen molar-refractivity contribution in [1.82, 2.24) is 0 Å². The minimum absolute atomic E-state index is 0.395. The summed E-state index contributed by atoms with van der Waals surface area (Å²) in [6.07, 6.45) is 7.61. The van der Waals surface area contributed by atoms with E-state index in [9.17, 15) is 0 Å². The molecule has 19 heavy (non-hydrogen) atoms. The van der Waals surface area contributed by atoms with Crippen molar-refractivity contribution in [2.24, 2.45) is 17.1 Å². The van der Waals surface area contributed by atoms with Gasteiger partial charge in [-0.15, -0.1) is 0 Å². The van der Waals surface area contributed by atoms with E-state index >= 15 is 0 Å². The lowest BCUT2D eigenvalue weighted by atomic mass is 9.68. The zero-order valence-electron chi connectivity index (χ0n) is 12.1. The summed E-state index contributed by atoms with van der Waals surface area (Å²) in [7, 11) is 0. The van der Waals surface area contributed by atoms with E-state index in [1.165, 1.54) is 32.1 Å². The van der Waals surface area contributed by atoms with Crippen molar-refractivity contribution in [3.63, 3.8) is 0 Å². The van der Waals surface area contributed by atoms with Gasteiger partial charge in [-0.3, -0.25) is 0 Å². The second-order valence-corrected chi connectivity index (χ2v) is 6.15. The second kappa shape index (κ2) is 6.95. The molecule has 0 radical (unpaired) electrons. The Morgan fingerprint density at radius 2 is 1.89 bits per heavy atom. The van der Waals surface area contributed by atoms with E-state index in [0.29, 0.717) is 5.41 Å². The standard InChI is InChI=1S/C17H27NO/c1-15-8-11-17(14-18,12-9-15)10-5-13-19-16-6-3-2-4-7-16/h2-4,6-7,15H,5,8-14,18H2,1H3. The van der Waals surface area contributed by atoms with Crippen molar-refractivity contribution >= 4 is 0 Å². The van der Waals surface area contributed by atoms with Gasteiger partial charge in [0.05, 0.1) is 6.61 Å². The predicted molar refractivity (Wildman–Crippen MR) is 80.3 cm³/mol. The Bertz CT molecular complexity index is 355. The van der Waals surface area contributed by atoms with Crippen LogP contribution in [-0.2, 0) is 0 Å². The molecule has 0 heterocycles. The lowest BCUT2D eigenvalue weighted by Crippen LogP contribution is -2.34. The third-order valence-electron chi connectivity index (χ3n) is 4.63. The summed E-state index contributed by atoms with van der Waals surface area (Å²) in [6.45, 7) is 4.01. The van der Waals surface area contributed by atoms with Crippen LogP contribution in [-0.4, -0.2) is 13.2 Å². The summed E-state index contributed by atoms with van der Waals surface area (Å²) < 4.78 is 5.77. The van der Waals surface area contributed by atoms with Crippen molar-refractivity contribution < 1.29 is 4.74 Å². The highest BCUT2D eigenvalue weighted by Crippen LogP contribution is 2.41. The molecule has 0 aromatic heterocycles. The molecule has 2 nitrogen and oxygen atoms in total. The minimum Gasteiger partial charge on any atom is -0.494 e. The molecule has 1 aromatic carbocycles. The molecule has 106 valence electrons. The average molecular weight is 261 g/mol. The third kappa shape index (κ3) is 4.24. The van der Waals surface area contributed by atoms with Crippen LogP contribution in [0.1, 0.15) is 45.4 Å². The summed E-state index contributed by atoms with van der Waals surface area (Å²) in [5.74, 6) is 1.86. The topological polar surface area (TPSA) is 35.2 Å². The largest absolute Gasteiger partial charge is 0.494 e. The molecule has 2 heteroatoms. The number of para-hydroxylation sites is 1. The van der Waals surface area contributed by atoms with Crippen LogP contribution in [0.25, 0.3) is 0 Å². The lowest BCUT2D eigenvalue weighted by Gasteiger charge is -2.38. The van der Waals surface area contributed by atoms with Crippen molar-refractivity contribution in [3.8, 4) is 5.75 Å². The van der Waals surface area contributed by atoms with Gasteiger partial charge in [0, 0.05) is 0 Å². The Hall–Kier alpha value is -1.02. The molecule has 0 amide bonds. The molecule has 1 fully saturated rings. The molecule has 1 saturated carbocycles. The molecular formula is C17H27NO. The Morgan fingerprint density at radius 1 is 1.21 bits per heavy atom. The summed E-state index contributed by atoms with van der Waals surface area (Å²) in [5.41, 5.74) is 6.43. The Kier molecular flexibility index (Phi) is 5.26. The van der Waals surface area contributed by atoms with Crippen molar-refractivity contribution in [3.05, 3.63) is 30.3 Å². The van der Waals surface area contributed by atoms with E-state index in [1.54, 1.807) is 0 Å². The van der Waals surface area contributed by atoms with Crippen LogP contribution < -0.4 is 10.5 Å². The number of nitrogens with two attached hydrogens (primary N) is 1. The van der Waals surface area contributed by atoms with Crippen LogP contribution >= 0.6 is 0 Å². The highest BCUT2D eigenvalue weighted by atomic mass is 16.5. The lowest BCUT2D eigenvalue weighted by molar-refractivity contribution is 0.138. The van der Waals surface area contributed by atoms with Gasteiger partial charge in [0.25, 0.3) is 0 Å². The number of hydrogen-bond acceptors (Lipinski definition) is 2. The molecule has 2 rings (SSSR count). The Morgan fingerprint density at radius 3 is 2.53 bits per heavy atom. The Labute approximate surface area is 117 Å². The first-order valence-corrected chi connectivity index (χ1v) is 7.62. The van der Waals surface area contributed by atoms with Crippen LogP contribution in [0.2, 0.25) is 0 Å². The number of hydrogen-bond donors (Lipinski definition) is 1. The maximum atomic E-state index is 6.04. The molecule has 2 N–H and O–H groups in total. The first kappa shape index (κ1) is 14.4. The second-order valence-electron chi connectivity index (χ2n) is 6.15. The van der Waals surface area contributed by atoms with E-state index in [2.05, 4.69) is 6.92 Å². The third-order valence-corrected chi connectivity index (χ3v) is 4.63. The zero-order valence-corrected chi connectivity index (χ0v) is 12.1. The van der Waals surface area contributed by atoms with Gasteiger partial charge < -0.3 is 10.5 Å². The molecule has 0 spiro atoms. The Balaban J connectivity index is 1.72. The van der Waals surface area contributed by atoms with Gasteiger partial charge in [-0.05, 0) is 55.7 Å². The van der Waals surface area contributed by atoms with Crippen LogP contribution in [0, 0.1) is 11.3 Å².